The fourth-order valence-corrected chi connectivity index (χ4v) is 3.37. The molecule has 1 heteroatoms. The van der Waals surface area contributed by atoms with Crippen LogP contribution in [0.2, 0.25) is 0 Å². The molecule has 109 valence electrons. The van der Waals surface area contributed by atoms with Crippen LogP contribution in [0.1, 0.15) is 55.0 Å². The van der Waals surface area contributed by atoms with Crippen LogP contribution in [0.4, 0.5) is 0 Å². The maximum atomic E-state index is 3.66. The van der Waals surface area contributed by atoms with E-state index < -0.39 is 0 Å². The molecule has 0 aliphatic carbocycles. The normalized spacial score (nSPS) is 17.8. The molecule has 1 aliphatic rings. The van der Waals surface area contributed by atoms with Gasteiger partial charge in [-0.1, -0.05) is 62.4 Å². The largest absolute Gasteiger partial charge is 0.306 e. The molecule has 1 N–H and O–H groups in total. The van der Waals surface area contributed by atoms with Crippen LogP contribution >= 0.6 is 0 Å². The number of fused-ring (bicyclic) bond motifs is 1. The van der Waals surface area contributed by atoms with Gasteiger partial charge >= 0.3 is 0 Å². The van der Waals surface area contributed by atoms with E-state index in [1.165, 1.54) is 22.3 Å². The predicted molar refractivity (Wildman–Crippen MR) is 89.4 cm³/mol. The van der Waals surface area contributed by atoms with Gasteiger partial charge in [0.1, 0.15) is 0 Å². The van der Waals surface area contributed by atoms with Gasteiger partial charge in [0.15, 0.2) is 0 Å². The first kappa shape index (κ1) is 14.3. The van der Waals surface area contributed by atoms with Gasteiger partial charge in [-0.25, -0.2) is 0 Å². The lowest BCUT2D eigenvalue weighted by Crippen LogP contribution is -2.30. The standard InChI is InChI=1S/C20H24N/c1-3-15(4-2)16-9-11-18(12-10-16)20-19-8-6-5-7-17(19)13-14-21-20/h5-12,20-21H,3-4,13-14H2,1-2H3. The summed E-state index contributed by atoms with van der Waals surface area (Å²) >= 11 is 0. The van der Waals surface area contributed by atoms with Crippen LogP contribution in [0.25, 0.3) is 0 Å². The molecule has 0 bridgehead atoms. The van der Waals surface area contributed by atoms with Gasteiger partial charge in [0, 0.05) is 12.5 Å². The third kappa shape index (κ3) is 2.89. The van der Waals surface area contributed by atoms with E-state index in [0.717, 1.165) is 25.8 Å². The van der Waals surface area contributed by atoms with Gasteiger partial charge in [-0.15, -0.1) is 0 Å². The van der Waals surface area contributed by atoms with Gasteiger partial charge in [-0.05, 0) is 41.5 Å². The SMILES string of the molecule is CC[C](CC)c1ccc(C2NCCc3ccccc32)cc1. The molecule has 0 saturated carbocycles. The Hall–Kier alpha value is -1.60. The minimum absolute atomic E-state index is 0.343. The molecule has 0 spiro atoms. The molecule has 21 heavy (non-hydrogen) atoms. The average Bonchev–Trinajstić information content (AvgIpc) is 2.56. The molecule has 1 atom stereocenters. The Balaban J connectivity index is 1.88. The minimum atomic E-state index is 0.343. The maximum absolute atomic E-state index is 3.66. The molecular formula is C20H24N. The molecule has 1 aliphatic heterocycles. The summed E-state index contributed by atoms with van der Waals surface area (Å²) in [6, 6.07) is 18.3. The Morgan fingerprint density at radius 1 is 1.00 bits per heavy atom. The van der Waals surface area contributed by atoms with Crippen molar-refractivity contribution < 1.29 is 0 Å². The first-order chi connectivity index (χ1) is 10.3. The molecular weight excluding hydrogens is 254 g/mol. The fourth-order valence-electron chi connectivity index (χ4n) is 3.37. The van der Waals surface area contributed by atoms with Crippen LogP contribution in [0.5, 0.6) is 0 Å². The Kier molecular flexibility index (Phi) is 4.40. The van der Waals surface area contributed by atoms with Gasteiger partial charge in [0.2, 0.25) is 0 Å². The molecule has 0 aromatic heterocycles. The van der Waals surface area contributed by atoms with E-state index in [1.807, 2.05) is 0 Å². The van der Waals surface area contributed by atoms with Crippen LogP contribution in [0.3, 0.4) is 0 Å². The van der Waals surface area contributed by atoms with Crippen molar-refractivity contribution >= 4 is 0 Å². The van der Waals surface area contributed by atoms with E-state index >= 15 is 0 Å². The minimum Gasteiger partial charge on any atom is -0.306 e. The van der Waals surface area contributed by atoms with Gasteiger partial charge in [-0.3, -0.25) is 0 Å². The Morgan fingerprint density at radius 2 is 1.71 bits per heavy atom. The second-order valence-corrected chi connectivity index (χ2v) is 5.77. The van der Waals surface area contributed by atoms with Crippen LogP contribution < -0.4 is 5.32 Å². The second kappa shape index (κ2) is 6.44. The second-order valence-electron chi connectivity index (χ2n) is 5.77. The first-order valence-corrected chi connectivity index (χ1v) is 8.09. The van der Waals surface area contributed by atoms with Gasteiger partial charge in [0.25, 0.3) is 0 Å². The van der Waals surface area contributed by atoms with Crippen molar-refractivity contribution in [2.24, 2.45) is 0 Å². The average molecular weight is 278 g/mol. The molecule has 0 amide bonds. The van der Waals surface area contributed by atoms with Crippen molar-refractivity contribution in [2.75, 3.05) is 6.54 Å². The summed E-state index contributed by atoms with van der Waals surface area (Å²) < 4.78 is 0. The summed E-state index contributed by atoms with van der Waals surface area (Å²) in [6.45, 7) is 5.54. The van der Waals surface area contributed by atoms with E-state index in [4.69, 9.17) is 0 Å². The molecule has 2 aromatic rings. The zero-order chi connectivity index (χ0) is 14.7. The smallest absolute Gasteiger partial charge is 0.0579 e. The summed E-state index contributed by atoms with van der Waals surface area (Å²) in [7, 11) is 0. The molecule has 1 unspecified atom stereocenters. The molecule has 0 fully saturated rings. The number of benzene rings is 2. The monoisotopic (exact) mass is 278 g/mol. The predicted octanol–water partition coefficient (Wildman–Crippen LogP) is 4.66. The maximum Gasteiger partial charge on any atom is 0.0579 e. The molecule has 1 heterocycles. The molecule has 1 nitrogen and oxygen atoms in total. The lowest BCUT2D eigenvalue weighted by Gasteiger charge is -2.27. The highest BCUT2D eigenvalue weighted by atomic mass is 14.9. The van der Waals surface area contributed by atoms with E-state index in [9.17, 15) is 0 Å². The fraction of sp³-hybridized carbons (Fsp3) is 0.350. The van der Waals surface area contributed by atoms with Crippen molar-refractivity contribution in [3.63, 3.8) is 0 Å². The lowest BCUT2D eigenvalue weighted by atomic mass is 9.88. The summed E-state index contributed by atoms with van der Waals surface area (Å²) in [4.78, 5) is 0. The van der Waals surface area contributed by atoms with Crippen LogP contribution in [-0.4, -0.2) is 6.54 Å². The zero-order valence-electron chi connectivity index (χ0n) is 13.0. The molecule has 0 saturated heterocycles. The Labute approximate surface area is 128 Å². The van der Waals surface area contributed by atoms with Crippen molar-refractivity contribution in [2.45, 2.75) is 39.2 Å². The Morgan fingerprint density at radius 3 is 2.43 bits per heavy atom. The van der Waals surface area contributed by atoms with Gasteiger partial charge in [0.05, 0.1) is 6.04 Å². The van der Waals surface area contributed by atoms with Crippen LogP contribution in [0, 0.1) is 5.92 Å². The van der Waals surface area contributed by atoms with Gasteiger partial charge < -0.3 is 5.32 Å². The van der Waals surface area contributed by atoms with Crippen molar-refractivity contribution in [3.05, 3.63) is 76.7 Å². The Bertz CT molecular complexity index is 581. The molecule has 2 aromatic carbocycles. The van der Waals surface area contributed by atoms with Gasteiger partial charge in [-0.2, -0.15) is 0 Å². The van der Waals surface area contributed by atoms with Crippen molar-refractivity contribution in [1.82, 2.24) is 5.32 Å². The van der Waals surface area contributed by atoms with E-state index in [2.05, 4.69) is 67.7 Å². The number of rotatable bonds is 4. The number of hydrogen-bond donors (Lipinski definition) is 1. The van der Waals surface area contributed by atoms with E-state index in [0.29, 0.717) is 6.04 Å². The lowest BCUT2D eigenvalue weighted by molar-refractivity contribution is 0.568. The summed E-state index contributed by atoms with van der Waals surface area (Å²) in [5.41, 5.74) is 5.69. The number of nitrogens with one attached hydrogen (secondary N) is 1. The highest BCUT2D eigenvalue weighted by Crippen LogP contribution is 2.30. The van der Waals surface area contributed by atoms with E-state index in [-0.39, 0.29) is 0 Å². The molecule has 1 radical (unpaired) electrons. The summed E-state index contributed by atoms with van der Waals surface area (Å²) in [6.07, 6.45) is 3.41. The van der Waals surface area contributed by atoms with Crippen molar-refractivity contribution in [1.29, 1.82) is 0 Å². The quantitative estimate of drug-likeness (QED) is 0.857. The first-order valence-electron chi connectivity index (χ1n) is 8.09. The topological polar surface area (TPSA) is 12.0 Å². The van der Waals surface area contributed by atoms with Crippen LogP contribution in [0.15, 0.2) is 48.5 Å². The summed E-state index contributed by atoms with van der Waals surface area (Å²) in [5, 5.41) is 3.66. The highest BCUT2D eigenvalue weighted by molar-refractivity contribution is 5.41. The zero-order valence-corrected chi connectivity index (χ0v) is 13.0. The highest BCUT2D eigenvalue weighted by Gasteiger charge is 2.20. The molecule has 3 rings (SSSR count). The third-order valence-electron chi connectivity index (χ3n) is 4.61. The third-order valence-corrected chi connectivity index (χ3v) is 4.61. The van der Waals surface area contributed by atoms with Crippen molar-refractivity contribution in [3.8, 4) is 0 Å². The van der Waals surface area contributed by atoms with E-state index in [1.54, 1.807) is 5.92 Å². The number of hydrogen-bond acceptors (Lipinski definition) is 1. The van der Waals surface area contributed by atoms with Crippen LogP contribution in [-0.2, 0) is 6.42 Å². The summed E-state index contributed by atoms with van der Waals surface area (Å²) in [5.74, 6) is 1.54.